The number of H-pyrrole nitrogens is 3. The van der Waals surface area contributed by atoms with Crippen LogP contribution < -0.4 is 42.5 Å². The number of allylic oxidation sites excluding steroid dienone is 3. The number of benzene rings is 4. The molecule has 8 rings (SSSR count). The number of nitriles is 2. The lowest BCUT2D eigenvalue weighted by atomic mass is 10.1. The van der Waals surface area contributed by atoms with E-state index in [1.54, 1.807) is 77.9 Å². The van der Waals surface area contributed by atoms with E-state index in [2.05, 4.69) is 20.3 Å². The number of nitrogens with one attached hydrogen (secondary N) is 4. The van der Waals surface area contributed by atoms with Crippen LogP contribution in [0.2, 0.25) is 10.0 Å². The Morgan fingerprint density at radius 1 is 0.674 bits per heavy atom. The van der Waals surface area contributed by atoms with E-state index in [1.807, 2.05) is 108 Å². The van der Waals surface area contributed by atoms with Crippen LogP contribution in [0.5, 0.6) is 11.5 Å². The number of carbonyl (C=O) groups excluding carboxylic acids is 2. The van der Waals surface area contributed by atoms with Crippen molar-refractivity contribution in [3.05, 3.63) is 253 Å². The third kappa shape index (κ3) is 23.5. The molecule has 1 aliphatic rings. The number of aromatic amines is 3. The van der Waals surface area contributed by atoms with Crippen LogP contribution in [0.4, 0.5) is 0 Å². The number of carboxylic acid groups (broad SMARTS) is 1. The van der Waals surface area contributed by atoms with Gasteiger partial charge in [0, 0.05) is 129 Å². The van der Waals surface area contributed by atoms with E-state index in [9.17, 15) is 28.8 Å². The Hall–Kier alpha value is -9.66. The van der Waals surface area contributed by atoms with E-state index in [0.29, 0.717) is 50.4 Å². The highest BCUT2D eigenvalue weighted by Gasteiger charge is 2.28. The van der Waals surface area contributed by atoms with Crippen molar-refractivity contribution in [2.75, 3.05) is 0 Å². The topological polar surface area (TPSA) is 319 Å². The van der Waals surface area contributed by atoms with Gasteiger partial charge in [-0.25, -0.2) is 9.59 Å². The second-order valence-corrected chi connectivity index (χ2v) is 20.6. The van der Waals surface area contributed by atoms with Gasteiger partial charge in [-0.05, 0) is 118 Å². The lowest BCUT2D eigenvalue weighted by molar-refractivity contribution is -0.204. The molecule has 1 aliphatic heterocycles. The van der Waals surface area contributed by atoms with Crippen LogP contribution in [0.15, 0.2) is 153 Å². The first-order valence-electron chi connectivity index (χ1n) is 26.6. The van der Waals surface area contributed by atoms with Gasteiger partial charge < -0.3 is 55.8 Å². The maximum absolute atomic E-state index is 12.5. The fourth-order valence-electron chi connectivity index (χ4n) is 7.98. The number of aryl methyl sites for hydroxylation is 6. The molecule has 2 atom stereocenters. The number of rotatable bonds is 11. The zero-order valence-electron chi connectivity index (χ0n) is 50.0. The molecule has 4 aromatic carbocycles. The fraction of sp³-hybridized carbons (Fsp3) is 0.262. The molecule has 3 aromatic heterocycles. The van der Waals surface area contributed by atoms with Crippen LogP contribution in [-0.2, 0) is 27.4 Å². The van der Waals surface area contributed by atoms with E-state index < -0.39 is 11.8 Å². The molecule has 0 saturated carbocycles. The molecule has 86 heavy (non-hydrogen) atoms. The SMILES string of the molecule is C/C(N)=C\C#N.CC(Oc1ccccc1)c1ccc(C(=O)O)cc1Cl.CC1=CC(=O)OC(C)(C)O1.Cc1cc(=O)c(C#N)c(C)[nH]1.Cc1cc(=O)c(CN)c(C)[nH]1.Cc1cc(=O)c(CNC(=O)c2ccc(C(C)Oc3ccccc3)c(Cl)c2)c(C)[nH]1. The molecule has 0 radical (unpaired) electrons. The summed E-state index contributed by atoms with van der Waals surface area (Å²) in [6.07, 6.45) is 2.10. The highest BCUT2D eigenvalue weighted by Crippen LogP contribution is 2.30. The normalized spacial score (nSPS) is 12.4. The number of nitrogens with zero attached hydrogens (tertiary/aromatic N) is 2. The molecule has 452 valence electrons. The molecule has 7 aromatic rings. The summed E-state index contributed by atoms with van der Waals surface area (Å²) in [7, 11) is 0. The maximum atomic E-state index is 12.5. The monoisotopic (exact) mass is 1210 g/mol. The van der Waals surface area contributed by atoms with Crippen LogP contribution >= 0.6 is 23.2 Å². The number of esters is 1. The van der Waals surface area contributed by atoms with Crippen molar-refractivity contribution >= 4 is 41.0 Å². The number of aromatic nitrogens is 3. The van der Waals surface area contributed by atoms with Crippen molar-refractivity contribution in [2.45, 2.75) is 114 Å². The van der Waals surface area contributed by atoms with Crippen LogP contribution in [0.3, 0.4) is 0 Å². The van der Waals surface area contributed by atoms with Crippen LogP contribution in [0.1, 0.15) is 136 Å². The number of para-hydroxylation sites is 2. The molecule has 4 heterocycles. The van der Waals surface area contributed by atoms with Crippen molar-refractivity contribution in [1.29, 1.82) is 10.5 Å². The second-order valence-electron chi connectivity index (χ2n) is 19.8. The number of pyridine rings is 3. The van der Waals surface area contributed by atoms with Crippen molar-refractivity contribution in [3.8, 4) is 23.6 Å². The molecule has 19 nitrogen and oxygen atoms in total. The van der Waals surface area contributed by atoms with Crippen molar-refractivity contribution in [1.82, 2.24) is 20.3 Å². The van der Waals surface area contributed by atoms with E-state index in [4.69, 9.17) is 69.2 Å². The lowest BCUT2D eigenvalue weighted by Crippen LogP contribution is -2.33. The van der Waals surface area contributed by atoms with Crippen LogP contribution in [0.25, 0.3) is 0 Å². The number of carbonyl (C=O) groups is 3. The van der Waals surface area contributed by atoms with Gasteiger partial charge >= 0.3 is 11.9 Å². The molecular formula is C65H72Cl2N8O11. The number of hydrogen-bond acceptors (Lipinski definition) is 14. The molecule has 1 amide bonds. The van der Waals surface area contributed by atoms with Crippen molar-refractivity contribution in [3.63, 3.8) is 0 Å². The second kappa shape index (κ2) is 34.2. The smallest absolute Gasteiger partial charge is 0.337 e. The summed E-state index contributed by atoms with van der Waals surface area (Å²) in [4.78, 5) is 77.5. The Labute approximate surface area is 509 Å². The molecule has 0 spiro atoms. The van der Waals surface area contributed by atoms with Gasteiger partial charge in [0.1, 0.15) is 41.1 Å². The number of hydrogen-bond donors (Lipinski definition) is 7. The number of nitrogens with two attached hydrogens (primary N) is 2. The fourth-order valence-corrected chi connectivity index (χ4v) is 8.65. The number of aromatic carboxylic acids is 1. The summed E-state index contributed by atoms with van der Waals surface area (Å²) in [6.45, 7) is 21.9. The maximum Gasteiger partial charge on any atom is 0.337 e. The van der Waals surface area contributed by atoms with Gasteiger partial charge in [-0.1, -0.05) is 71.7 Å². The van der Waals surface area contributed by atoms with E-state index in [1.165, 1.54) is 36.4 Å². The zero-order chi connectivity index (χ0) is 64.4. The average molecular weight is 1210 g/mol. The minimum Gasteiger partial charge on any atom is -0.486 e. The summed E-state index contributed by atoms with van der Waals surface area (Å²) < 4.78 is 21.6. The molecule has 0 saturated heterocycles. The first kappa shape index (κ1) is 70.6. The third-order valence-electron chi connectivity index (χ3n) is 11.9. The summed E-state index contributed by atoms with van der Waals surface area (Å²) in [6, 6.07) is 36.7. The molecule has 21 heteroatoms. The largest absolute Gasteiger partial charge is 0.486 e. The average Bonchev–Trinajstić information content (AvgIpc) is 2.96. The Morgan fingerprint density at radius 2 is 1.12 bits per heavy atom. The van der Waals surface area contributed by atoms with Crippen LogP contribution in [0, 0.1) is 64.2 Å². The molecular weight excluding hydrogens is 1140 g/mol. The van der Waals surface area contributed by atoms with Gasteiger partial charge in [0.05, 0.1) is 17.7 Å². The van der Waals surface area contributed by atoms with Gasteiger partial charge in [-0.2, -0.15) is 10.5 Å². The molecule has 9 N–H and O–H groups in total. The first-order chi connectivity index (χ1) is 40.5. The van der Waals surface area contributed by atoms with Gasteiger partial charge in [-0.3, -0.25) is 19.2 Å². The van der Waals surface area contributed by atoms with Crippen LogP contribution in [-0.4, -0.2) is 43.7 Å². The van der Waals surface area contributed by atoms with Gasteiger partial charge in [0.15, 0.2) is 16.3 Å². The quantitative estimate of drug-likeness (QED) is 0.0468. The Morgan fingerprint density at radius 3 is 1.49 bits per heavy atom. The Bertz CT molecular complexity index is 3800. The first-order valence-corrected chi connectivity index (χ1v) is 27.4. The third-order valence-corrected chi connectivity index (χ3v) is 12.6. The Balaban J connectivity index is 0.000000293. The highest BCUT2D eigenvalue weighted by atomic mass is 35.5. The molecule has 0 aliphatic carbocycles. The van der Waals surface area contributed by atoms with Gasteiger partial charge in [0.2, 0.25) is 5.79 Å². The van der Waals surface area contributed by atoms with Gasteiger partial charge in [0.25, 0.3) is 5.91 Å². The molecule has 0 fully saturated rings. The minimum absolute atomic E-state index is 0.0289. The predicted molar refractivity (Wildman–Crippen MR) is 333 cm³/mol. The number of cyclic esters (lactones) is 1. The summed E-state index contributed by atoms with van der Waals surface area (Å²) >= 11 is 12.5. The van der Waals surface area contributed by atoms with E-state index in [0.717, 1.165) is 51.1 Å². The van der Waals surface area contributed by atoms with Gasteiger partial charge in [-0.15, -0.1) is 0 Å². The number of halogens is 2. The highest BCUT2D eigenvalue weighted by molar-refractivity contribution is 6.32. The predicted octanol–water partition coefficient (Wildman–Crippen LogP) is 11.8. The minimum atomic E-state index is -0.995. The molecule has 2 unspecified atom stereocenters. The van der Waals surface area contributed by atoms with E-state index in [-0.39, 0.29) is 58.0 Å². The lowest BCUT2D eigenvalue weighted by Gasteiger charge is -2.29. The Kier molecular flexibility index (Phi) is 28.1. The number of amides is 1. The summed E-state index contributed by atoms with van der Waals surface area (Å²) in [5, 5.41) is 28.9. The summed E-state index contributed by atoms with van der Waals surface area (Å²) in [5.74, 6) is -0.338. The number of ether oxygens (including phenoxy) is 4. The summed E-state index contributed by atoms with van der Waals surface area (Å²) in [5.41, 5.74) is 19.0. The van der Waals surface area contributed by atoms with Crippen molar-refractivity contribution in [2.24, 2.45) is 11.5 Å². The van der Waals surface area contributed by atoms with Crippen molar-refractivity contribution < 1.29 is 38.4 Å². The standard InChI is InChI=1S/C23H23ClN2O3.C15H13ClO3.C8H12N2O.C8H8N2O.C7H10O3.C4H6N2/c1-14-11-22(27)20(15(2)26-14)13-25-23(28)17-9-10-19(21(24)12-17)16(3)29-18-7-5-4-6-8-18;1-10(19-12-5-3-2-4-6-12)13-8-7-11(15(17)18)9-14(13)16;2*1-5-3-8(11)7(4-9)6(2)10-5;1-5-4-6(8)10-7(2,3)9-5;1-4(6)2-3-5/h4-12,16H,13H2,1-3H3,(H,25,28)(H,26,27);2-10H,1H3,(H,17,18);3H,4,9H2,1-2H3,(H,10,11);3H,1-2H3,(H,10,11);4H,1-3H3;2H,6H2,1H3/b;;;;;4-2+. The van der Waals surface area contributed by atoms with E-state index >= 15 is 0 Å². The molecule has 0 bridgehead atoms. The number of carboxylic acids is 1. The zero-order valence-corrected chi connectivity index (χ0v) is 51.5.